The molecule has 0 atom stereocenters. The van der Waals surface area contributed by atoms with Gasteiger partial charge in [-0.2, -0.15) is 0 Å². The molecule has 2 aromatic rings. The van der Waals surface area contributed by atoms with E-state index >= 15 is 0 Å². The van der Waals surface area contributed by atoms with Crippen LogP contribution < -0.4 is 0 Å². The Bertz CT molecular complexity index is 462. The number of fused-ring (bicyclic) bond motifs is 1. The van der Waals surface area contributed by atoms with Crippen molar-refractivity contribution in [2.75, 3.05) is 7.11 Å². The highest BCUT2D eigenvalue weighted by atomic mass is 16.5. The summed E-state index contributed by atoms with van der Waals surface area (Å²) in [6.07, 6.45) is 1.88. The van der Waals surface area contributed by atoms with Gasteiger partial charge in [0.1, 0.15) is 0 Å². The van der Waals surface area contributed by atoms with E-state index in [-0.39, 0.29) is 12.4 Å². The van der Waals surface area contributed by atoms with Crippen molar-refractivity contribution in [2.24, 2.45) is 0 Å². The van der Waals surface area contributed by atoms with Crippen LogP contribution in [0.25, 0.3) is 11.0 Å². The molecule has 0 fully saturated rings. The number of aromatic nitrogens is 2. The molecule has 1 heterocycles. The SMILES string of the molecule is COC(=O)Cc1cccc2[nH]cnc12. The fourth-order valence-corrected chi connectivity index (χ4v) is 1.40. The van der Waals surface area contributed by atoms with E-state index in [2.05, 4.69) is 14.7 Å². The van der Waals surface area contributed by atoms with Crippen molar-refractivity contribution in [2.45, 2.75) is 6.42 Å². The van der Waals surface area contributed by atoms with Gasteiger partial charge >= 0.3 is 5.97 Å². The molecule has 14 heavy (non-hydrogen) atoms. The number of hydrogen-bond acceptors (Lipinski definition) is 3. The summed E-state index contributed by atoms with van der Waals surface area (Å²) in [6.45, 7) is 0. The van der Waals surface area contributed by atoms with E-state index in [1.807, 2.05) is 18.2 Å². The van der Waals surface area contributed by atoms with Crippen LogP contribution >= 0.6 is 0 Å². The second-order valence-electron chi connectivity index (χ2n) is 2.97. The molecule has 1 aromatic heterocycles. The van der Waals surface area contributed by atoms with E-state index in [0.717, 1.165) is 16.6 Å². The standard InChI is InChI=1S/C10H10N2O2/c1-14-9(13)5-7-3-2-4-8-10(7)12-6-11-8/h2-4,6H,5H2,1H3,(H,11,12). The number of esters is 1. The first kappa shape index (κ1) is 8.74. The molecule has 0 saturated heterocycles. The average Bonchev–Trinajstić information content (AvgIpc) is 2.66. The van der Waals surface area contributed by atoms with Gasteiger partial charge in [-0.25, -0.2) is 4.98 Å². The van der Waals surface area contributed by atoms with E-state index in [4.69, 9.17) is 0 Å². The lowest BCUT2D eigenvalue weighted by Gasteiger charge is -2.00. The zero-order valence-electron chi connectivity index (χ0n) is 7.78. The van der Waals surface area contributed by atoms with E-state index in [1.165, 1.54) is 7.11 Å². The molecule has 0 amide bonds. The fourth-order valence-electron chi connectivity index (χ4n) is 1.40. The molecule has 0 spiro atoms. The van der Waals surface area contributed by atoms with Gasteiger partial charge in [-0.15, -0.1) is 0 Å². The van der Waals surface area contributed by atoms with Gasteiger partial charge in [-0.3, -0.25) is 4.79 Å². The highest BCUT2D eigenvalue weighted by molar-refractivity contribution is 5.83. The van der Waals surface area contributed by atoms with Crippen LogP contribution in [-0.4, -0.2) is 23.0 Å². The van der Waals surface area contributed by atoms with Crippen LogP contribution in [0, 0.1) is 0 Å². The molecule has 1 aromatic carbocycles. The lowest BCUT2D eigenvalue weighted by molar-refractivity contribution is -0.139. The quantitative estimate of drug-likeness (QED) is 0.726. The van der Waals surface area contributed by atoms with E-state index in [9.17, 15) is 4.79 Å². The number of methoxy groups -OCH3 is 1. The third kappa shape index (κ3) is 1.46. The average molecular weight is 190 g/mol. The summed E-state index contributed by atoms with van der Waals surface area (Å²) in [4.78, 5) is 18.2. The Hall–Kier alpha value is -1.84. The summed E-state index contributed by atoms with van der Waals surface area (Å²) in [5, 5.41) is 0. The molecule has 0 radical (unpaired) electrons. The van der Waals surface area contributed by atoms with Crippen molar-refractivity contribution in [3.05, 3.63) is 30.1 Å². The van der Waals surface area contributed by atoms with Gasteiger partial charge in [0, 0.05) is 0 Å². The van der Waals surface area contributed by atoms with Crippen LogP contribution in [0.2, 0.25) is 0 Å². The molecule has 0 unspecified atom stereocenters. The number of carbonyl (C=O) groups excluding carboxylic acids is 1. The number of para-hydroxylation sites is 1. The van der Waals surface area contributed by atoms with Crippen LogP contribution in [0.5, 0.6) is 0 Å². The second-order valence-corrected chi connectivity index (χ2v) is 2.97. The number of aromatic amines is 1. The van der Waals surface area contributed by atoms with Crippen LogP contribution in [0.4, 0.5) is 0 Å². The van der Waals surface area contributed by atoms with E-state index in [0.29, 0.717) is 0 Å². The maximum absolute atomic E-state index is 11.1. The Balaban J connectivity index is 2.41. The summed E-state index contributed by atoms with van der Waals surface area (Å²) in [5.41, 5.74) is 2.65. The van der Waals surface area contributed by atoms with Crippen molar-refractivity contribution in [3.8, 4) is 0 Å². The van der Waals surface area contributed by atoms with Crippen LogP contribution in [0.15, 0.2) is 24.5 Å². The number of imidazole rings is 1. The summed E-state index contributed by atoms with van der Waals surface area (Å²) in [6, 6.07) is 5.68. The number of ether oxygens (including phenoxy) is 1. The summed E-state index contributed by atoms with van der Waals surface area (Å²) in [5.74, 6) is -0.250. The smallest absolute Gasteiger partial charge is 0.310 e. The minimum Gasteiger partial charge on any atom is -0.469 e. The first-order valence-electron chi connectivity index (χ1n) is 4.29. The third-order valence-electron chi connectivity index (χ3n) is 2.10. The molecular formula is C10H10N2O2. The molecule has 0 aliphatic carbocycles. The number of rotatable bonds is 2. The highest BCUT2D eigenvalue weighted by Crippen LogP contribution is 2.15. The Morgan fingerprint density at radius 3 is 3.21 bits per heavy atom. The monoisotopic (exact) mass is 190 g/mol. The molecule has 0 aliphatic rings. The Kier molecular flexibility index (Phi) is 2.18. The number of carbonyl (C=O) groups is 1. The van der Waals surface area contributed by atoms with E-state index in [1.54, 1.807) is 6.33 Å². The minimum atomic E-state index is -0.250. The van der Waals surface area contributed by atoms with Crippen molar-refractivity contribution in [1.29, 1.82) is 0 Å². The predicted octanol–water partition coefficient (Wildman–Crippen LogP) is 1.28. The first-order valence-corrected chi connectivity index (χ1v) is 4.29. The molecule has 0 bridgehead atoms. The molecule has 72 valence electrons. The van der Waals surface area contributed by atoms with Gasteiger partial charge in [0.25, 0.3) is 0 Å². The van der Waals surface area contributed by atoms with Crippen molar-refractivity contribution in [1.82, 2.24) is 9.97 Å². The molecule has 4 nitrogen and oxygen atoms in total. The van der Waals surface area contributed by atoms with Crippen molar-refractivity contribution >= 4 is 17.0 Å². The van der Waals surface area contributed by atoms with Crippen LogP contribution in [0.3, 0.4) is 0 Å². The Morgan fingerprint density at radius 1 is 1.57 bits per heavy atom. The second kappa shape index (κ2) is 3.49. The molecule has 4 heteroatoms. The van der Waals surface area contributed by atoms with Gasteiger partial charge in [-0.1, -0.05) is 12.1 Å². The number of H-pyrrole nitrogens is 1. The van der Waals surface area contributed by atoms with Gasteiger partial charge in [0.2, 0.25) is 0 Å². The maximum atomic E-state index is 11.1. The topological polar surface area (TPSA) is 55.0 Å². The summed E-state index contributed by atoms with van der Waals surface area (Å²) < 4.78 is 4.60. The highest BCUT2D eigenvalue weighted by Gasteiger charge is 2.07. The molecule has 2 rings (SSSR count). The Morgan fingerprint density at radius 2 is 2.43 bits per heavy atom. The first-order chi connectivity index (χ1) is 6.81. The molecule has 0 aliphatic heterocycles. The number of nitrogens with zero attached hydrogens (tertiary/aromatic N) is 1. The zero-order valence-corrected chi connectivity index (χ0v) is 7.78. The van der Waals surface area contributed by atoms with E-state index < -0.39 is 0 Å². The fraction of sp³-hybridized carbons (Fsp3) is 0.200. The van der Waals surface area contributed by atoms with Crippen molar-refractivity contribution in [3.63, 3.8) is 0 Å². The van der Waals surface area contributed by atoms with Crippen molar-refractivity contribution < 1.29 is 9.53 Å². The van der Waals surface area contributed by atoms with Gasteiger partial charge in [0.05, 0.1) is 30.9 Å². The summed E-state index contributed by atoms with van der Waals surface area (Å²) >= 11 is 0. The maximum Gasteiger partial charge on any atom is 0.310 e. The molecule has 1 N–H and O–H groups in total. The third-order valence-corrected chi connectivity index (χ3v) is 2.10. The van der Waals surface area contributed by atoms with Gasteiger partial charge in [-0.05, 0) is 11.6 Å². The predicted molar refractivity (Wildman–Crippen MR) is 51.8 cm³/mol. The normalized spacial score (nSPS) is 10.4. The van der Waals surface area contributed by atoms with Crippen LogP contribution in [0.1, 0.15) is 5.56 Å². The van der Waals surface area contributed by atoms with Gasteiger partial charge in [0.15, 0.2) is 0 Å². The molecule has 0 saturated carbocycles. The van der Waals surface area contributed by atoms with Crippen LogP contribution in [-0.2, 0) is 16.0 Å². The lowest BCUT2D eigenvalue weighted by Crippen LogP contribution is -2.04. The molecular weight excluding hydrogens is 180 g/mol. The number of hydrogen-bond donors (Lipinski definition) is 1. The summed E-state index contributed by atoms with van der Waals surface area (Å²) in [7, 11) is 1.38. The van der Waals surface area contributed by atoms with Gasteiger partial charge < -0.3 is 9.72 Å². The lowest BCUT2D eigenvalue weighted by atomic mass is 10.1. The zero-order chi connectivity index (χ0) is 9.97. The number of nitrogens with one attached hydrogen (secondary N) is 1. The Labute approximate surface area is 80.9 Å². The largest absolute Gasteiger partial charge is 0.469 e. The minimum absolute atomic E-state index is 0.250. The number of benzene rings is 1.